The number of hydrogen-bond donors (Lipinski definition) is 0. The number of likely N-dealkylation sites (tertiary alicyclic amines) is 2. The van der Waals surface area contributed by atoms with E-state index in [0.717, 1.165) is 62.5 Å². The molecule has 1 unspecified atom stereocenters. The molecule has 1 amide bonds. The minimum absolute atomic E-state index is 0.171. The molecule has 5 rings (SSSR count). The zero-order valence-corrected chi connectivity index (χ0v) is 16.8. The van der Waals surface area contributed by atoms with Crippen molar-refractivity contribution < 1.29 is 14.3 Å². The second-order valence-corrected chi connectivity index (χ2v) is 8.23. The third kappa shape index (κ3) is 3.84. The molecule has 5 heteroatoms. The Balaban J connectivity index is 1.28. The summed E-state index contributed by atoms with van der Waals surface area (Å²) < 4.78 is 11.4. The van der Waals surface area contributed by atoms with E-state index in [9.17, 15) is 4.79 Å². The maximum Gasteiger partial charge on any atom is 0.253 e. The second kappa shape index (κ2) is 8.07. The Morgan fingerprint density at radius 3 is 2.45 bits per heavy atom. The average Bonchev–Trinajstić information content (AvgIpc) is 3.46. The monoisotopic (exact) mass is 392 g/mol. The lowest BCUT2D eigenvalue weighted by atomic mass is 10.0. The van der Waals surface area contributed by atoms with Crippen LogP contribution in [0.4, 0.5) is 0 Å². The van der Waals surface area contributed by atoms with Gasteiger partial charge in [0.2, 0.25) is 0 Å². The van der Waals surface area contributed by atoms with E-state index in [2.05, 4.69) is 29.2 Å². The van der Waals surface area contributed by atoms with Gasteiger partial charge >= 0.3 is 0 Å². The van der Waals surface area contributed by atoms with Crippen LogP contribution < -0.4 is 9.47 Å². The van der Waals surface area contributed by atoms with Crippen LogP contribution in [0.1, 0.15) is 53.2 Å². The lowest BCUT2D eigenvalue weighted by Gasteiger charge is -2.26. The lowest BCUT2D eigenvalue weighted by Crippen LogP contribution is -2.27. The van der Waals surface area contributed by atoms with Crippen LogP contribution in [-0.4, -0.2) is 48.6 Å². The Morgan fingerprint density at radius 1 is 0.897 bits per heavy atom. The molecule has 0 bridgehead atoms. The fourth-order valence-electron chi connectivity index (χ4n) is 4.75. The summed E-state index contributed by atoms with van der Waals surface area (Å²) in [4.78, 5) is 17.0. The highest BCUT2D eigenvalue weighted by atomic mass is 16.6. The van der Waals surface area contributed by atoms with Crippen molar-refractivity contribution in [3.63, 3.8) is 0 Å². The van der Waals surface area contributed by atoms with E-state index < -0.39 is 0 Å². The summed E-state index contributed by atoms with van der Waals surface area (Å²) in [5, 5.41) is 0. The molecular formula is C24H28N2O3. The molecule has 3 heterocycles. The molecule has 3 aliphatic rings. The Hall–Kier alpha value is -2.53. The van der Waals surface area contributed by atoms with Gasteiger partial charge in [-0.15, -0.1) is 0 Å². The first-order chi connectivity index (χ1) is 14.3. The molecule has 2 saturated heterocycles. The normalized spacial score (nSPS) is 21.5. The predicted molar refractivity (Wildman–Crippen MR) is 111 cm³/mol. The number of nitrogens with zero attached hydrogens (tertiary/aromatic N) is 2. The summed E-state index contributed by atoms with van der Waals surface area (Å²) in [7, 11) is 0. The Morgan fingerprint density at radius 2 is 1.66 bits per heavy atom. The molecule has 152 valence electrons. The average molecular weight is 392 g/mol. The molecule has 0 saturated carbocycles. The SMILES string of the molecule is O=C(c1ccc(CN2CCCC2c2ccc3c(c2)OCCO3)cc1)N1CCCC1. The van der Waals surface area contributed by atoms with Crippen LogP contribution in [0, 0.1) is 0 Å². The van der Waals surface area contributed by atoms with Crippen LogP contribution in [0.15, 0.2) is 42.5 Å². The van der Waals surface area contributed by atoms with Gasteiger partial charge < -0.3 is 14.4 Å². The Labute approximate surface area is 172 Å². The largest absolute Gasteiger partial charge is 0.486 e. The summed E-state index contributed by atoms with van der Waals surface area (Å²) in [5.41, 5.74) is 3.36. The Bertz CT molecular complexity index is 874. The summed E-state index contributed by atoms with van der Waals surface area (Å²) in [6.45, 7) is 5.02. The van der Waals surface area contributed by atoms with E-state index in [1.54, 1.807) is 0 Å². The minimum atomic E-state index is 0.171. The van der Waals surface area contributed by atoms with Crippen molar-refractivity contribution in [3.8, 4) is 11.5 Å². The van der Waals surface area contributed by atoms with Crippen LogP contribution in [0.3, 0.4) is 0 Å². The molecule has 2 fully saturated rings. The highest BCUT2D eigenvalue weighted by Crippen LogP contribution is 2.38. The molecule has 1 atom stereocenters. The van der Waals surface area contributed by atoms with Gasteiger partial charge in [0.1, 0.15) is 13.2 Å². The van der Waals surface area contributed by atoms with E-state index in [4.69, 9.17) is 9.47 Å². The fraction of sp³-hybridized carbons (Fsp3) is 0.458. The number of rotatable bonds is 4. The Kier molecular flexibility index (Phi) is 5.15. The molecule has 5 nitrogen and oxygen atoms in total. The topological polar surface area (TPSA) is 42.0 Å². The third-order valence-electron chi connectivity index (χ3n) is 6.29. The van der Waals surface area contributed by atoms with Gasteiger partial charge in [-0.05, 0) is 67.6 Å². The van der Waals surface area contributed by atoms with Gasteiger partial charge in [0.25, 0.3) is 5.91 Å². The molecule has 0 aliphatic carbocycles. The molecule has 0 spiro atoms. The van der Waals surface area contributed by atoms with Gasteiger partial charge in [0, 0.05) is 31.2 Å². The third-order valence-corrected chi connectivity index (χ3v) is 6.29. The van der Waals surface area contributed by atoms with E-state index in [1.807, 2.05) is 23.1 Å². The first-order valence-electron chi connectivity index (χ1n) is 10.8. The van der Waals surface area contributed by atoms with Crippen molar-refractivity contribution in [3.05, 3.63) is 59.2 Å². The number of fused-ring (bicyclic) bond motifs is 1. The quantitative estimate of drug-likeness (QED) is 0.788. The first kappa shape index (κ1) is 18.5. The van der Waals surface area contributed by atoms with Gasteiger partial charge in [-0.1, -0.05) is 18.2 Å². The van der Waals surface area contributed by atoms with Gasteiger partial charge in [0.05, 0.1) is 0 Å². The maximum atomic E-state index is 12.6. The molecule has 3 aliphatic heterocycles. The predicted octanol–water partition coefficient (Wildman–Crippen LogP) is 4.03. The van der Waals surface area contributed by atoms with Crippen molar-refractivity contribution in [2.75, 3.05) is 32.8 Å². The summed E-state index contributed by atoms with van der Waals surface area (Å²) in [6.07, 6.45) is 4.61. The zero-order chi connectivity index (χ0) is 19.6. The number of hydrogen-bond acceptors (Lipinski definition) is 4. The molecule has 0 N–H and O–H groups in total. The number of amides is 1. The standard InChI is InChI=1S/C24H28N2O3/c27-24(25-11-1-2-12-25)19-7-5-18(6-8-19)17-26-13-3-4-21(26)20-9-10-22-23(16-20)29-15-14-28-22/h5-10,16,21H,1-4,11-15,17H2. The zero-order valence-electron chi connectivity index (χ0n) is 16.8. The van der Waals surface area contributed by atoms with E-state index >= 15 is 0 Å². The summed E-state index contributed by atoms with van der Waals surface area (Å²) in [6, 6.07) is 15.0. The van der Waals surface area contributed by atoms with E-state index in [1.165, 1.54) is 17.5 Å². The van der Waals surface area contributed by atoms with E-state index in [0.29, 0.717) is 19.3 Å². The van der Waals surface area contributed by atoms with Gasteiger partial charge in [-0.25, -0.2) is 0 Å². The second-order valence-electron chi connectivity index (χ2n) is 8.23. The lowest BCUT2D eigenvalue weighted by molar-refractivity contribution is 0.0793. The van der Waals surface area contributed by atoms with Gasteiger partial charge in [-0.2, -0.15) is 0 Å². The highest BCUT2D eigenvalue weighted by Gasteiger charge is 2.27. The van der Waals surface area contributed by atoms with Crippen molar-refractivity contribution in [2.24, 2.45) is 0 Å². The smallest absolute Gasteiger partial charge is 0.253 e. The molecule has 2 aromatic rings. The summed E-state index contributed by atoms with van der Waals surface area (Å²) >= 11 is 0. The molecule has 29 heavy (non-hydrogen) atoms. The van der Waals surface area contributed by atoms with E-state index in [-0.39, 0.29) is 5.91 Å². The van der Waals surface area contributed by atoms with Crippen molar-refractivity contribution in [1.29, 1.82) is 0 Å². The molecule has 0 radical (unpaired) electrons. The highest BCUT2D eigenvalue weighted by molar-refractivity contribution is 5.94. The molecular weight excluding hydrogens is 364 g/mol. The van der Waals surface area contributed by atoms with Crippen LogP contribution in [0.25, 0.3) is 0 Å². The first-order valence-corrected chi connectivity index (χ1v) is 10.8. The molecule has 0 aromatic heterocycles. The number of carbonyl (C=O) groups excluding carboxylic acids is 1. The van der Waals surface area contributed by atoms with Gasteiger partial charge in [0.15, 0.2) is 11.5 Å². The fourth-order valence-corrected chi connectivity index (χ4v) is 4.75. The maximum absolute atomic E-state index is 12.6. The number of benzene rings is 2. The van der Waals surface area contributed by atoms with Crippen molar-refractivity contribution in [2.45, 2.75) is 38.3 Å². The summed E-state index contributed by atoms with van der Waals surface area (Å²) in [5.74, 6) is 1.89. The van der Waals surface area contributed by atoms with Crippen molar-refractivity contribution in [1.82, 2.24) is 9.80 Å². The number of carbonyl (C=O) groups is 1. The van der Waals surface area contributed by atoms with Crippen LogP contribution in [-0.2, 0) is 6.54 Å². The van der Waals surface area contributed by atoms with Gasteiger partial charge in [-0.3, -0.25) is 9.69 Å². The van der Waals surface area contributed by atoms with Crippen LogP contribution in [0.2, 0.25) is 0 Å². The van der Waals surface area contributed by atoms with Crippen molar-refractivity contribution >= 4 is 5.91 Å². The number of ether oxygens (including phenoxy) is 2. The molecule has 2 aromatic carbocycles. The minimum Gasteiger partial charge on any atom is -0.486 e. The van der Waals surface area contributed by atoms with Crippen LogP contribution >= 0.6 is 0 Å². The van der Waals surface area contributed by atoms with Crippen LogP contribution in [0.5, 0.6) is 11.5 Å².